The van der Waals surface area contributed by atoms with Crippen LogP contribution in [0.1, 0.15) is 24.7 Å². The molecule has 3 heteroatoms. The van der Waals surface area contributed by atoms with Crippen LogP contribution >= 0.6 is 15.9 Å². The minimum atomic E-state index is 0.730. The van der Waals surface area contributed by atoms with Crippen LogP contribution in [-0.2, 0) is 0 Å². The summed E-state index contributed by atoms with van der Waals surface area (Å²) in [5.41, 5.74) is 1.63. The highest BCUT2D eigenvalue weighted by molar-refractivity contribution is 9.10. The second-order valence-corrected chi connectivity index (χ2v) is 3.09. The lowest BCUT2D eigenvalue weighted by molar-refractivity contribution is 1.07. The third-order valence-electron chi connectivity index (χ3n) is 1.31. The van der Waals surface area contributed by atoms with E-state index in [0.29, 0.717) is 0 Å². The lowest BCUT2D eigenvalue weighted by Crippen LogP contribution is -1.91. The molecule has 0 bridgehead atoms. The first kappa shape index (κ1) is 9.21. The Hall–Kier alpha value is -0.880. The SMILES string of the molecule is CCC#Cc1nc(Br)cnc1C. The fourth-order valence-electron chi connectivity index (χ4n) is 0.718. The minimum absolute atomic E-state index is 0.730. The summed E-state index contributed by atoms with van der Waals surface area (Å²) in [6.45, 7) is 3.91. The van der Waals surface area contributed by atoms with Gasteiger partial charge in [-0.3, -0.25) is 4.98 Å². The molecule has 0 saturated heterocycles. The smallest absolute Gasteiger partial charge is 0.135 e. The fourth-order valence-corrected chi connectivity index (χ4v) is 0.998. The molecule has 2 nitrogen and oxygen atoms in total. The van der Waals surface area contributed by atoms with Gasteiger partial charge in [0.15, 0.2) is 0 Å². The maximum Gasteiger partial charge on any atom is 0.135 e. The monoisotopic (exact) mass is 224 g/mol. The molecule has 0 N–H and O–H groups in total. The van der Waals surface area contributed by atoms with Gasteiger partial charge in [0, 0.05) is 6.42 Å². The van der Waals surface area contributed by atoms with Gasteiger partial charge in [-0.05, 0) is 28.8 Å². The van der Waals surface area contributed by atoms with Gasteiger partial charge in [0.25, 0.3) is 0 Å². The van der Waals surface area contributed by atoms with E-state index in [4.69, 9.17) is 0 Å². The molecule has 1 aromatic heterocycles. The van der Waals surface area contributed by atoms with Crippen LogP contribution in [0.2, 0.25) is 0 Å². The first-order chi connectivity index (χ1) is 5.74. The molecular formula is C9H9BrN2. The van der Waals surface area contributed by atoms with E-state index in [1.54, 1.807) is 6.20 Å². The molecular weight excluding hydrogens is 216 g/mol. The molecule has 1 rings (SSSR count). The summed E-state index contributed by atoms with van der Waals surface area (Å²) < 4.78 is 0.730. The van der Waals surface area contributed by atoms with E-state index < -0.39 is 0 Å². The number of hydrogen-bond acceptors (Lipinski definition) is 2. The lowest BCUT2D eigenvalue weighted by atomic mass is 10.3. The summed E-state index contributed by atoms with van der Waals surface area (Å²) in [5, 5.41) is 0. The zero-order valence-corrected chi connectivity index (χ0v) is 8.64. The Morgan fingerprint density at radius 2 is 2.33 bits per heavy atom. The van der Waals surface area contributed by atoms with Crippen LogP contribution in [0.4, 0.5) is 0 Å². The van der Waals surface area contributed by atoms with Crippen molar-refractivity contribution in [1.29, 1.82) is 0 Å². The van der Waals surface area contributed by atoms with Crippen molar-refractivity contribution >= 4 is 15.9 Å². The van der Waals surface area contributed by atoms with E-state index in [1.165, 1.54) is 0 Å². The summed E-state index contributed by atoms with van der Waals surface area (Å²) >= 11 is 3.25. The maximum absolute atomic E-state index is 4.19. The van der Waals surface area contributed by atoms with Gasteiger partial charge < -0.3 is 0 Å². The maximum atomic E-state index is 4.19. The third kappa shape index (κ3) is 2.31. The molecule has 0 atom stereocenters. The molecule has 1 heterocycles. The molecule has 1 aromatic rings. The predicted octanol–water partition coefficient (Wildman–Crippen LogP) is 2.31. The molecule has 0 saturated carbocycles. The highest BCUT2D eigenvalue weighted by Gasteiger charge is 1.97. The van der Waals surface area contributed by atoms with E-state index in [1.807, 2.05) is 13.8 Å². The van der Waals surface area contributed by atoms with Crippen molar-refractivity contribution in [3.63, 3.8) is 0 Å². The van der Waals surface area contributed by atoms with Crippen LogP contribution in [0.3, 0.4) is 0 Å². The Balaban J connectivity index is 3.05. The van der Waals surface area contributed by atoms with Crippen molar-refractivity contribution in [2.24, 2.45) is 0 Å². The fraction of sp³-hybridized carbons (Fsp3) is 0.333. The summed E-state index contributed by atoms with van der Waals surface area (Å²) in [6, 6.07) is 0. The third-order valence-corrected chi connectivity index (χ3v) is 1.69. The van der Waals surface area contributed by atoms with Crippen LogP contribution in [0.15, 0.2) is 10.8 Å². The van der Waals surface area contributed by atoms with Crippen LogP contribution in [0, 0.1) is 18.8 Å². The minimum Gasteiger partial charge on any atom is -0.256 e. The Kier molecular flexibility index (Phi) is 3.24. The standard InChI is InChI=1S/C9H9BrN2/c1-3-4-5-8-7(2)11-6-9(10)12-8/h6H,3H2,1-2H3. The number of halogens is 1. The zero-order valence-electron chi connectivity index (χ0n) is 7.06. The molecule has 0 amide bonds. The van der Waals surface area contributed by atoms with Gasteiger partial charge >= 0.3 is 0 Å². The van der Waals surface area contributed by atoms with Gasteiger partial charge in [-0.25, -0.2) is 4.98 Å². The van der Waals surface area contributed by atoms with E-state index >= 15 is 0 Å². The largest absolute Gasteiger partial charge is 0.256 e. The topological polar surface area (TPSA) is 25.8 Å². The number of hydrogen-bond donors (Lipinski definition) is 0. The molecule has 0 aromatic carbocycles. The van der Waals surface area contributed by atoms with E-state index in [9.17, 15) is 0 Å². The molecule has 12 heavy (non-hydrogen) atoms. The number of aryl methyl sites for hydroxylation is 1. The van der Waals surface area contributed by atoms with E-state index in [0.717, 1.165) is 22.4 Å². The van der Waals surface area contributed by atoms with Crippen molar-refractivity contribution in [3.8, 4) is 11.8 Å². The van der Waals surface area contributed by atoms with E-state index in [-0.39, 0.29) is 0 Å². The lowest BCUT2D eigenvalue weighted by Gasteiger charge is -1.95. The van der Waals surface area contributed by atoms with Gasteiger partial charge in [0.2, 0.25) is 0 Å². The summed E-state index contributed by atoms with van der Waals surface area (Å²) in [5.74, 6) is 5.91. The van der Waals surface area contributed by atoms with Gasteiger partial charge in [-0.1, -0.05) is 12.8 Å². The summed E-state index contributed by atoms with van der Waals surface area (Å²) in [4.78, 5) is 8.31. The van der Waals surface area contributed by atoms with Crippen LogP contribution in [0.5, 0.6) is 0 Å². The summed E-state index contributed by atoms with van der Waals surface area (Å²) in [6.07, 6.45) is 2.51. The summed E-state index contributed by atoms with van der Waals surface area (Å²) in [7, 11) is 0. The first-order valence-corrected chi connectivity index (χ1v) is 4.51. The molecule has 0 fully saturated rings. The van der Waals surface area contributed by atoms with Gasteiger partial charge in [0.1, 0.15) is 10.3 Å². The van der Waals surface area contributed by atoms with E-state index in [2.05, 4.69) is 37.7 Å². The molecule has 0 spiro atoms. The zero-order chi connectivity index (χ0) is 8.97. The van der Waals surface area contributed by atoms with Gasteiger partial charge in [0.05, 0.1) is 11.9 Å². The molecule has 0 aliphatic carbocycles. The number of nitrogens with zero attached hydrogens (tertiary/aromatic N) is 2. The van der Waals surface area contributed by atoms with Gasteiger partial charge in [-0.2, -0.15) is 0 Å². The quantitative estimate of drug-likeness (QED) is 0.633. The van der Waals surface area contributed by atoms with Crippen LogP contribution < -0.4 is 0 Å². The van der Waals surface area contributed by atoms with Crippen LogP contribution in [-0.4, -0.2) is 9.97 Å². The van der Waals surface area contributed by atoms with Crippen LogP contribution in [0.25, 0.3) is 0 Å². The normalized spacial score (nSPS) is 8.92. The molecule has 0 radical (unpaired) electrons. The van der Waals surface area contributed by atoms with Crippen molar-refractivity contribution < 1.29 is 0 Å². The van der Waals surface area contributed by atoms with Crippen molar-refractivity contribution in [1.82, 2.24) is 9.97 Å². The number of aromatic nitrogens is 2. The second kappa shape index (κ2) is 4.22. The number of rotatable bonds is 0. The van der Waals surface area contributed by atoms with Crippen molar-refractivity contribution in [2.75, 3.05) is 0 Å². The van der Waals surface area contributed by atoms with Gasteiger partial charge in [-0.15, -0.1) is 0 Å². The molecule has 0 aliphatic heterocycles. The molecule has 0 aliphatic rings. The Morgan fingerprint density at radius 1 is 1.58 bits per heavy atom. The Morgan fingerprint density at radius 3 is 3.00 bits per heavy atom. The Bertz CT molecular complexity index is 336. The Labute approximate surface area is 80.6 Å². The average Bonchev–Trinajstić information content (AvgIpc) is 2.07. The highest BCUT2D eigenvalue weighted by Crippen LogP contribution is 2.06. The van der Waals surface area contributed by atoms with Crippen molar-refractivity contribution in [3.05, 3.63) is 22.2 Å². The molecule has 62 valence electrons. The molecule has 0 unspecified atom stereocenters. The predicted molar refractivity (Wildman–Crippen MR) is 51.6 cm³/mol. The second-order valence-electron chi connectivity index (χ2n) is 2.28. The first-order valence-electron chi connectivity index (χ1n) is 3.72. The average molecular weight is 225 g/mol. The highest BCUT2D eigenvalue weighted by atomic mass is 79.9. The van der Waals surface area contributed by atoms with Crippen molar-refractivity contribution in [2.45, 2.75) is 20.3 Å².